The predicted octanol–water partition coefficient (Wildman–Crippen LogP) is 10.3. The Balaban J connectivity index is 0.00000360. The van der Waals surface area contributed by atoms with Gasteiger partial charge >= 0.3 is 21.1 Å². The summed E-state index contributed by atoms with van der Waals surface area (Å²) in [5.74, 6) is 2.76. The van der Waals surface area contributed by atoms with Crippen molar-refractivity contribution in [1.82, 2.24) is 28.3 Å². The van der Waals surface area contributed by atoms with Gasteiger partial charge < -0.3 is 13.5 Å². The summed E-state index contributed by atoms with van der Waals surface area (Å²) < 4.78 is 13.3. The van der Waals surface area contributed by atoms with E-state index in [1.54, 1.807) is 0 Å². The number of para-hydroxylation sites is 2. The number of pyridine rings is 2. The Bertz CT molecular complexity index is 2950. The van der Waals surface area contributed by atoms with E-state index in [-0.39, 0.29) is 37.3 Å². The van der Waals surface area contributed by atoms with Crippen LogP contribution in [0.1, 0.15) is 70.9 Å². The van der Waals surface area contributed by atoms with Crippen molar-refractivity contribution < 1.29 is 25.8 Å². The Hall–Kier alpha value is -5.00. The molecule has 7 nitrogen and oxygen atoms in total. The molecule has 0 saturated heterocycles. The fraction of sp³-hybridized carbons (Fsp3) is 0.250. The average molecular weight is 862 g/mol. The fourth-order valence-electron chi connectivity index (χ4n) is 8.22. The summed E-state index contributed by atoms with van der Waals surface area (Å²) in [6.07, 6.45) is 3.93. The maximum absolute atomic E-state index is 6.61. The fourth-order valence-corrected chi connectivity index (χ4v) is 8.22. The zero-order valence-corrected chi connectivity index (χ0v) is 32.8. The summed E-state index contributed by atoms with van der Waals surface area (Å²) in [5.41, 5.74) is 10.6. The van der Waals surface area contributed by atoms with Crippen molar-refractivity contribution in [3.05, 3.63) is 120 Å². The quantitative estimate of drug-likeness (QED) is 0.131. The van der Waals surface area contributed by atoms with Crippen molar-refractivity contribution in [3.8, 4) is 17.3 Å². The van der Waals surface area contributed by atoms with Crippen LogP contribution in [0.25, 0.3) is 61.0 Å². The first-order chi connectivity index (χ1) is 24.3. The van der Waals surface area contributed by atoms with Gasteiger partial charge in [-0.15, -0.1) is 30.3 Å². The van der Waals surface area contributed by atoms with Crippen LogP contribution >= 0.6 is 0 Å². The third-order valence-electron chi connectivity index (χ3n) is 11.8. The van der Waals surface area contributed by atoms with Crippen molar-refractivity contribution >= 4 is 55.2 Å². The van der Waals surface area contributed by atoms with E-state index in [2.05, 4.69) is 142 Å². The largest absolute Gasteiger partial charge is 2.00 e. The molecule has 0 unspecified atom stereocenters. The van der Waals surface area contributed by atoms with Gasteiger partial charge in [0.1, 0.15) is 5.82 Å². The van der Waals surface area contributed by atoms with Crippen molar-refractivity contribution in [2.75, 3.05) is 0 Å². The van der Waals surface area contributed by atoms with Gasteiger partial charge in [-0.25, -0.2) is 9.97 Å². The third-order valence-corrected chi connectivity index (χ3v) is 11.8. The molecule has 6 heterocycles. The second-order valence-electron chi connectivity index (χ2n) is 16.2. The van der Waals surface area contributed by atoms with Crippen LogP contribution in [-0.4, -0.2) is 28.3 Å². The predicted molar refractivity (Wildman–Crippen MR) is 205 cm³/mol. The minimum atomic E-state index is -0.125. The first-order valence-electron chi connectivity index (χ1n) is 17.6. The zero-order valence-electron chi connectivity index (χ0n) is 30.5. The topological polar surface area (TPSA) is 61.6 Å². The summed E-state index contributed by atoms with van der Waals surface area (Å²) in [4.78, 5) is 15.0. The third kappa shape index (κ3) is 4.26. The van der Waals surface area contributed by atoms with Crippen LogP contribution in [-0.2, 0) is 37.3 Å². The van der Waals surface area contributed by atoms with Gasteiger partial charge in [0.05, 0.1) is 16.7 Å². The number of rotatable bonds is 3. The molecule has 0 saturated carbocycles. The number of hydrogen-bond donors (Lipinski definition) is 0. The number of aryl methyl sites for hydroxylation is 1. The van der Waals surface area contributed by atoms with Gasteiger partial charge in [0, 0.05) is 45.9 Å². The van der Waals surface area contributed by atoms with Crippen LogP contribution < -0.4 is 4.74 Å². The maximum atomic E-state index is 6.61. The molecule has 0 fully saturated rings. The number of benzene rings is 4. The van der Waals surface area contributed by atoms with Crippen LogP contribution in [0.4, 0.5) is 0 Å². The number of ether oxygens (including phenoxy) is 1. The summed E-state index contributed by atoms with van der Waals surface area (Å²) >= 11 is 0. The number of fused-ring (bicyclic) bond motifs is 8. The Morgan fingerprint density at radius 3 is 2.35 bits per heavy atom. The molecule has 0 spiro atoms. The van der Waals surface area contributed by atoms with Crippen LogP contribution in [0.5, 0.6) is 11.5 Å². The molecule has 260 valence electrons. The first kappa shape index (κ1) is 32.9. The van der Waals surface area contributed by atoms with E-state index in [0.717, 1.165) is 55.6 Å². The maximum Gasteiger partial charge on any atom is 2.00 e. The van der Waals surface area contributed by atoms with Gasteiger partial charge in [-0.05, 0) is 63.6 Å². The first-order valence-corrected chi connectivity index (χ1v) is 17.6. The Kier molecular flexibility index (Phi) is 6.81. The average Bonchev–Trinajstić information content (AvgIpc) is 3.80. The van der Waals surface area contributed by atoms with E-state index in [9.17, 15) is 0 Å². The molecule has 1 aliphatic rings. The molecule has 0 amide bonds. The molecule has 0 N–H and O–H groups in total. The molecular formula is C44H38N6OPt. The van der Waals surface area contributed by atoms with E-state index in [1.807, 2.05) is 24.5 Å². The van der Waals surface area contributed by atoms with Crippen molar-refractivity contribution in [1.29, 1.82) is 0 Å². The van der Waals surface area contributed by atoms with Crippen LogP contribution in [0.2, 0.25) is 0 Å². The smallest absolute Gasteiger partial charge is 0.503 e. The Morgan fingerprint density at radius 1 is 0.769 bits per heavy atom. The number of aromatic nitrogens is 6. The Morgan fingerprint density at radius 2 is 1.54 bits per heavy atom. The Labute approximate surface area is 316 Å². The molecule has 8 heteroatoms. The van der Waals surface area contributed by atoms with Gasteiger partial charge in [-0.3, -0.25) is 9.55 Å². The molecule has 0 bridgehead atoms. The van der Waals surface area contributed by atoms with Crippen LogP contribution in [0.15, 0.2) is 85.2 Å². The van der Waals surface area contributed by atoms with Gasteiger partial charge in [0.25, 0.3) is 0 Å². The molecule has 52 heavy (non-hydrogen) atoms. The van der Waals surface area contributed by atoms with E-state index in [1.165, 1.54) is 27.7 Å². The summed E-state index contributed by atoms with van der Waals surface area (Å²) in [5, 5.41) is 3.25. The van der Waals surface area contributed by atoms with E-state index in [0.29, 0.717) is 11.5 Å². The monoisotopic (exact) mass is 861 g/mol. The van der Waals surface area contributed by atoms with Gasteiger partial charge in [-0.1, -0.05) is 95.6 Å². The molecule has 1 aliphatic heterocycles. The van der Waals surface area contributed by atoms with Gasteiger partial charge in [-0.2, -0.15) is 0 Å². The summed E-state index contributed by atoms with van der Waals surface area (Å²) in [7, 11) is 0. The van der Waals surface area contributed by atoms with E-state index >= 15 is 0 Å². The van der Waals surface area contributed by atoms with Gasteiger partial charge in [0.15, 0.2) is 0 Å². The van der Waals surface area contributed by atoms with Gasteiger partial charge in [0.2, 0.25) is 5.78 Å². The number of imidazole rings is 3. The second kappa shape index (κ2) is 10.8. The molecule has 10 rings (SSSR count). The molecule has 5 aromatic heterocycles. The van der Waals surface area contributed by atoms with Crippen LogP contribution in [0.3, 0.4) is 0 Å². The minimum Gasteiger partial charge on any atom is -0.503 e. The standard InChI is InChI=1S/C44H38N6O.Pt/c1-25-11-9-14-34-38(25)47-41-48(34)33-18-16-28(23-35(33)49(41)37-21-26(19-20-45-37)42(2,3)4)51-27-15-17-29-30-12-10-13-32-39(30)50-36(44(7,8)43(32,5)6)24-46-40(50)31(29)22-27;/h9-21,24H,1-8H3;/q-2;+2. The summed E-state index contributed by atoms with van der Waals surface area (Å²) in [6, 6.07) is 32.7. The molecule has 4 aromatic carbocycles. The molecule has 0 atom stereocenters. The van der Waals surface area contributed by atoms with E-state index < -0.39 is 0 Å². The van der Waals surface area contributed by atoms with E-state index in [4.69, 9.17) is 19.7 Å². The normalized spacial score (nSPS) is 15.1. The van der Waals surface area contributed by atoms with Crippen molar-refractivity contribution in [3.63, 3.8) is 0 Å². The second-order valence-corrected chi connectivity index (χ2v) is 16.2. The molecular weight excluding hydrogens is 824 g/mol. The van der Waals surface area contributed by atoms with Crippen molar-refractivity contribution in [2.24, 2.45) is 0 Å². The summed E-state index contributed by atoms with van der Waals surface area (Å²) in [6.45, 7) is 18.1. The SMILES string of the molecule is Cc1cccc2c1nc1n(-c3cc(C(C)(C)C)ccn3)c3[c-]c(Oc4[c-]c5c(cc4)c4cccc6c4n4c(cnc54)C(C)(C)C6(C)C)ccc3n21.[Pt+2]. The minimum absolute atomic E-state index is 0. The van der Waals surface area contributed by atoms with Crippen LogP contribution in [0, 0.1) is 19.1 Å². The molecule has 9 aromatic rings. The molecule has 0 aliphatic carbocycles. The number of hydrogen-bond acceptors (Lipinski definition) is 4. The zero-order chi connectivity index (χ0) is 35.2. The molecule has 0 radical (unpaired) electrons. The van der Waals surface area contributed by atoms with Crippen molar-refractivity contribution in [2.45, 2.75) is 71.6 Å². The number of nitrogens with zero attached hydrogens (tertiary/aromatic N) is 6.